The standard InChI is InChI=1S/C22H36O11/c23-6-12-14(24)16(26)18(28)21(31-12)30-7-13-15(25)17(27)19(29)22(32-13)33-20-10-2-8-1-9(4-10)5-11(20)3-8/h8-29H,1-7H2/t8?,9?,10?,11?,12-,13-,14-,15-,16+,17+,18-,19-,20?,21-,22+/m1/s1. The van der Waals surface area contributed by atoms with Crippen LogP contribution in [0.5, 0.6) is 0 Å². The van der Waals surface area contributed by atoms with Gasteiger partial charge in [-0.1, -0.05) is 0 Å². The molecule has 33 heavy (non-hydrogen) atoms. The van der Waals surface area contributed by atoms with Gasteiger partial charge >= 0.3 is 0 Å². The van der Waals surface area contributed by atoms with E-state index in [1.165, 1.54) is 6.42 Å². The largest absolute Gasteiger partial charge is 0.394 e. The molecule has 2 saturated heterocycles. The molecule has 7 N–H and O–H groups in total. The van der Waals surface area contributed by atoms with Crippen LogP contribution in [0.1, 0.15) is 32.1 Å². The van der Waals surface area contributed by atoms with Gasteiger partial charge in [0.05, 0.1) is 19.3 Å². The fourth-order valence-corrected chi connectivity index (χ4v) is 6.81. The highest BCUT2D eigenvalue weighted by Crippen LogP contribution is 2.55. The molecule has 10 atom stereocenters. The van der Waals surface area contributed by atoms with Crippen LogP contribution in [-0.2, 0) is 18.9 Å². The van der Waals surface area contributed by atoms with E-state index in [9.17, 15) is 35.7 Å². The predicted molar refractivity (Wildman–Crippen MR) is 108 cm³/mol. The van der Waals surface area contributed by atoms with Crippen molar-refractivity contribution in [1.29, 1.82) is 0 Å². The van der Waals surface area contributed by atoms with E-state index in [4.69, 9.17) is 18.9 Å². The topological polar surface area (TPSA) is 179 Å². The molecule has 4 aliphatic carbocycles. The van der Waals surface area contributed by atoms with Crippen molar-refractivity contribution >= 4 is 0 Å². The Morgan fingerprint density at radius 1 is 0.606 bits per heavy atom. The molecule has 0 aromatic carbocycles. The van der Waals surface area contributed by atoms with Crippen LogP contribution in [0.25, 0.3) is 0 Å². The average Bonchev–Trinajstić information content (AvgIpc) is 2.79. The molecule has 0 spiro atoms. The van der Waals surface area contributed by atoms with Crippen LogP contribution in [0.3, 0.4) is 0 Å². The smallest absolute Gasteiger partial charge is 0.186 e. The molecule has 0 amide bonds. The highest BCUT2D eigenvalue weighted by molar-refractivity contribution is 5.00. The molecule has 11 heteroatoms. The van der Waals surface area contributed by atoms with Crippen molar-refractivity contribution in [3.8, 4) is 0 Å². The Hall–Kier alpha value is -0.440. The van der Waals surface area contributed by atoms with E-state index in [-0.39, 0.29) is 12.7 Å². The van der Waals surface area contributed by atoms with Crippen molar-refractivity contribution in [3.63, 3.8) is 0 Å². The lowest BCUT2D eigenvalue weighted by molar-refractivity contribution is -0.344. The molecule has 0 aromatic heterocycles. The van der Waals surface area contributed by atoms with E-state index in [2.05, 4.69) is 0 Å². The van der Waals surface area contributed by atoms with Gasteiger partial charge in [-0.3, -0.25) is 0 Å². The molecular weight excluding hydrogens is 440 g/mol. The molecule has 11 nitrogen and oxygen atoms in total. The lowest BCUT2D eigenvalue weighted by atomic mass is 9.55. The normalized spacial score (nSPS) is 56.3. The maximum atomic E-state index is 10.5. The summed E-state index contributed by atoms with van der Waals surface area (Å²) in [6.45, 7) is -0.950. The summed E-state index contributed by atoms with van der Waals surface area (Å²) in [6, 6.07) is 0. The summed E-state index contributed by atoms with van der Waals surface area (Å²) in [6.07, 6.45) is -8.27. The van der Waals surface area contributed by atoms with Crippen molar-refractivity contribution in [2.45, 2.75) is 99.6 Å². The van der Waals surface area contributed by atoms with Crippen LogP contribution < -0.4 is 0 Å². The molecule has 2 aliphatic heterocycles. The maximum absolute atomic E-state index is 10.5. The summed E-state index contributed by atoms with van der Waals surface area (Å²) in [4.78, 5) is 0. The molecule has 2 heterocycles. The first-order chi connectivity index (χ1) is 15.8. The number of aliphatic hydroxyl groups is 7. The molecular formula is C22H36O11. The van der Waals surface area contributed by atoms with Gasteiger partial charge in [0.25, 0.3) is 0 Å². The Labute approximate surface area is 191 Å². The van der Waals surface area contributed by atoms with Gasteiger partial charge in [-0.2, -0.15) is 0 Å². The fraction of sp³-hybridized carbons (Fsp3) is 1.00. The number of hydrogen-bond acceptors (Lipinski definition) is 11. The second-order valence-corrected chi connectivity index (χ2v) is 10.6. The highest BCUT2D eigenvalue weighted by atomic mass is 16.7. The first kappa shape index (κ1) is 24.3. The minimum absolute atomic E-state index is 0.0630. The van der Waals surface area contributed by atoms with E-state index < -0.39 is 68.0 Å². The molecule has 4 saturated carbocycles. The summed E-state index contributed by atoms with van der Waals surface area (Å²) in [7, 11) is 0. The monoisotopic (exact) mass is 476 g/mol. The Morgan fingerprint density at radius 3 is 1.70 bits per heavy atom. The highest BCUT2D eigenvalue weighted by Gasteiger charge is 2.52. The second-order valence-electron chi connectivity index (χ2n) is 10.6. The summed E-state index contributed by atoms with van der Waals surface area (Å²) >= 11 is 0. The Morgan fingerprint density at radius 2 is 1.12 bits per heavy atom. The first-order valence-corrected chi connectivity index (χ1v) is 12.0. The molecule has 0 radical (unpaired) electrons. The molecule has 4 bridgehead atoms. The molecule has 0 unspecified atom stereocenters. The molecule has 6 rings (SSSR count). The van der Waals surface area contributed by atoms with Crippen molar-refractivity contribution in [2.75, 3.05) is 13.2 Å². The minimum atomic E-state index is -1.60. The van der Waals surface area contributed by atoms with Crippen LogP contribution in [0.2, 0.25) is 0 Å². The zero-order valence-corrected chi connectivity index (χ0v) is 18.4. The maximum Gasteiger partial charge on any atom is 0.186 e. The van der Waals surface area contributed by atoms with Gasteiger partial charge < -0.3 is 54.7 Å². The molecule has 6 aliphatic rings. The van der Waals surface area contributed by atoms with Crippen LogP contribution in [0, 0.1) is 23.7 Å². The summed E-state index contributed by atoms with van der Waals surface area (Å²) < 4.78 is 22.8. The van der Waals surface area contributed by atoms with Gasteiger partial charge in [-0.15, -0.1) is 0 Å². The average molecular weight is 477 g/mol. The summed E-state index contributed by atoms with van der Waals surface area (Å²) in [5.41, 5.74) is 0. The van der Waals surface area contributed by atoms with Crippen LogP contribution in [-0.4, -0.2) is 116 Å². The third-order valence-electron chi connectivity index (χ3n) is 8.37. The quantitative estimate of drug-likeness (QED) is 0.215. The number of aliphatic hydroxyl groups excluding tert-OH is 7. The zero-order chi connectivity index (χ0) is 23.4. The summed E-state index contributed by atoms with van der Waals surface area (Å²) in [5, 5.41) is 70.6. The lowest BCUT2D eigenvalue weighted by Crippen LogP contribution is -2.62. The van der Waals surface area contributed by atoms with Crippen molar-refractivity contribution in [1.82, 2.24) is 0 Å². The zero-order valence-electron chi connectivity index (χ0n) is 18.4. The predicted octanol–water partition coefficient (Wildman–Crippen LogP) is -2.55. The van der Waals surface area contributed by atoms with Crippen LogP contribution in [0.4, 0.5) is 0 Å². The van der Waals surface area contributed by atoms with Crippen LogP contribution in [0.15, 0.2) is 0 Å². The number of hydrogen-bond donors (Lipinski definition) is 7. The fourth-order valence-electron chi connectivity index (χ4n) is 6.81. The van der Waals surface area contributed by atoms with E-state index in [1.807, 2.05) is 0 Å². The van der Waals surface area contributed by atoms with Gasteiger partial charge in [-0.05, 0) is 55.8 Å². The Bertz CT molecular complexity index is 649. The van der Waals surface area contributed by atoms with E-state index in [1.54, 1.807) is 0 Å². The third-order valence-corrected chi connectivity index (χ3v) is 8.37. The van der Waals surface area contributed by atoms with Gasteiger partial charge in [-0.25, -0.2) is 0 Å². The Balaban J connectivity index is 1.21. The Kier molecular flexibility index (Phi) is 7.02. The molecule has 0 aromatic rings. The molecule has 6 fully saturated rings. The SMILES string of the molecule is OC[C@H]1O[C@@H](OC[C@H]2O[C@@H](OC3C4CC5CC(C4)CC3C5)[C@H](O)[C@@H](O)[C@@H]2O)[C@H](O)[C@@H](O)[C@@H]1O. The van der Waals surface area contributed by atoms with Gasteiger partial charge in [0.15, 0.2) is 12.6 Å². The number of ether oxygens (including phenoxy) is 4. The van der Waals surface area contributed by atoms with Gasteiger partial charge in [0.2, 0.25) is 0 Å². The lowest BCUT2D eigenvalue weighted by Gasteiger charge is -2.55. The first-order valence-electron chi connectivity index (χ1n) is 12.0. The van der Waals surface area contributed by atoms with Crippen molar-refractivity contribution in [3.05, 3.63) is 0 Å². The number of rotatable bonds is 6. The van der Waals surface area contributed by atoms with Crippen molar-refractivity contribution < 1.29 is 54.7 Å². The van der Waals surface area contributed by atoms with Crippen molar-refractivity contribution in [2.24, 2.45) is 23.7 Å². The summed E-state index contributed by atoms with van der Waals surface area (Å²) in [5.74, 6) is 2.31. The van der Waals surface area contributed by atoms with E-state index in [0.29, 0.717) is 11.8 Å². The van der Waals surface area contributed by atoms with Gasteiger partial charge in [0.1, 0.15) is 48.8 Å². The van der Waals surface area contributed by atoms with E-state index >= 15 is 0 Å². The molecule has 190 valence electrons. The second kappa shape index (κ2) is 9.55. The van der Waals surface area contributed by atoms with E-state index in [0.717, 1.165) is 37.5 Å². The minimum Gasteiger partial charge on any atom is -0.394 e. The van der Waals surface area contributed by atoms with Gasteiger partial charge in [0, 0.05) is 0 Å². The third kappa shape index (κ3) is 4.47. The van der Waals surface area contributed by atoms with Crippen LogP contribution >= 0.6 is 0 Å².